The number of benzene rings is 2. The first-order valence-corrected chi connectivity index (χ1v) is 10.2. The number of thioether (sulfide) groups is 2. The SMILES string of the molecule is O=C(CSc1ccccc1)NCCN1C(=O)S/C(=C/c2ccccc2)C1=O. The van der Waals surface area contributed by atoms with Crippen molar-refractivity contribution in [3.63, 3.8) is 0 Å². The number of hydrogen-bond acceptors (Lipinski definition) is 5. The molecule has 0 radical (unpaired) electrons. The van der Waals surface area contributed by atoms with Gasteiger partial charge in [0.05, 0.1) is 10.7 Å². The molecule has 3 amide bonds. The first-order chi connectivity index (χ1) is 13.1. The van der Waals surface area contributed by atoms with Gasteiger partial charge in [0.25, 0.3) is 11.1 Å². The third-order valence-corrected chi connectivity index (χ3v) is 5.66. The summed E-state index contributed by atoms with van der Waals surface area (Å²) in [4.78, 5) is 39.0. The zero-order valence-electron chi connectivity index (χ0n) is 14.5. The highest BCUT2D eigenvalue weighted by molar-refractivity contribution is 8.18. The molecular formula is C20H18N2O3S2. The van der Waals surface area contributed by atoms with E-state index in [4.69, 9.17) is 0 Å². The van der Waals surface area contributed by atoms with E-state index in [2.05, 4.69) is 5.32 Å². The number of nitrogens with zero attached hydrogens (tertiary/aromatic N) is 1. The van der Waals surface area contributed by atoms with Crippen molar-refractivity contribution in [3.05, 3.63) is 71.1 Å². The molecule has 0 atom stereocenters. The van der Waals surface area contributed by atoms with Gasteiger partial charge >= 0.3 is 0 Å². The summed E-state index contributed by atoms with van der Waals surface area (Å²) in [5.74, 6) is -0.155. The summed E-state index contributed by atoms with van der Waals surface area (Å²) in [6.45, 7) is 0.406. The van der Waals surface area contributed by atoms with Crippen LogP contribution in [0.15, 0.2) is 70.5 Å². The fourth-order valence-electron chi connectivity index (χ4n) is 2.42. The van der Waals surface area contributed by atoms with Crippen LogP contribution >= 0.6 is 23.5 Å². The summed E-state index contributed by atoms with van der Waals surface area (Å²) >= 11 is 2.37. The molecule has 1 N–H and O–H groups in total. The molecule has 0 bridgehead atoms. The maximum absolute atomic E-state index is 12.4. The van der Waals surface area contributed by atoms with E-state index in [0.29, 0.717) is 10.7 Å². The second-order valence-electron chi connectivity index (χ2n) is 5.70. The lowest BCUT2D eigenvalue weighted by atomic mass is 10.2. The van der Waals surface area contributed by atoms with E-state index in [-0.39, 0.29) is 30.1 Å². The van der Waals surface area contributed by atoms with E-state index in [1.807, 2.05) is 60.7 Å². The van der Waals surface area contributed by atoms with Crippen molar-refractivity contribution in [2.45, 2.75) is 4.90 Å². The molecule has 0 unspecified atom stereocenters. The van der Waals surface area contributed by atoms with E-state index in [0.717, 1.165) is 22.2 Å². The number of amides is 3. The Labute approximate surface area is 166 Å². The second-order valence-corrected chi connectivity index (χ2v) is 7.74. The average Bonchev–Trinajstić information content (AvgIpc) is 2.95. The molecule has 1 fully saturated rings. The monoisotopic (exact) mass is 398 g/mol. The first kappa shape index (κ1) is 19.3. The third-order valence-electron chi connectivity index (χ3n) is 3.74. The Bertz CT molecular complexity index is 854. The van der Waals surface area contributed by atoms with Crippen molar-refractivity contribution in [3.8, 4) is 0 Å². The van der Waals surface area contributed by atoms with Crippen LogP contribution in [0.3, 0.4) is 0 Å². The van der Waals surface area contributed by atoms with Crippen molar-refractivity contribution in [1.82, 2.24) is 10.2 Å². The third kappa shape index (κ3) is 5.48. The molecule has 1 saturated heterocycles. The minimum atomic E-state index is -0.318. The van der Waals surface area contributed by atoms with Crippen LogP contribution in [0.1, 0.15) is 5.56 Å². The summed E-state index contributed by atoms with van der Waals surface area (Å²) < 4.78 is 0. The zero-order valence-corrected chi connectivity index (χ0v) is 16.1. The van der Waals surface area contributed by atoms with Crippen molar-refractivity contribution < 1.29 is 14.4 Å². The first-order valence-electron chi connectivity index (χ1n) is 8.38. The zero-order chi connectivity index (χ0) is 19.1. The summed E-state index contributed by atoms with van der Waals surface area (Å²) in [6, 6.07) is 19.0. The lowest BCUT2D eigenvalue weighted by molar-refractivity contribution is -0.123. The molecule has 27 heavy (non-hydrogen) atoms. The largest absolute Gasteiger partial charge is 0.354 e. The van der Waals surface area contributed by atoms with Crippen LogP contribution in [-0.2, 0) is 9.59 Å². The lowest BCUT2D eigenvalue weighted by Crippen LogP contribution is -2.37. The summed E-state index contributed by atoms with van der Waals surface area (Å²) in [6.07, 6.45) is 1.71. The van der Waals surface area contributed by atoms with Gasteiger partial charge in [-0.3, -0.25) is 19.3 Å². The van der Waals surface area contributed by atoms with Gasteiger partial charge < -0.3 is 5.32 Å². The van der Waals surface area contributed by atoms with Crippen LogP contribution in [0.5, 0.6) is 0 Å². The van der Waals surface area contributed by atoms with Gasteiger partial charge in [0.2, 0.25) is 5.91 Å². The van der Waals surface area contributed by atoms with Gasteiger partial charge in [0.15, 0.2) is 0 Å². The van der Waals surface area contributed by atoms with Crippen LogP contribution in [-0.4, -0.2) is 40.8 Å². The summed E-state index contributed by atoms with van der Waals surface area (Å²) in [5.41, 5.74) is 0.870. The lowest BCUT2D eigenvalue weighted by Gasteiger charge is -2.12. The molecule has 0 aromatic heterocycles. The Morgan fingerprint density at radius 2 is 1.70 bits per heavy atom. The molecule has 2 aromatic rings. The molecule has 1 heterocycles. The fraction of sp³-hybridized carbons (Fsp3) is 0.150. The van der Waals surface area contributed by atoms with Gasteiger partial charge in [-0.15, -0.1) is 11.8 Å². The van der Waals surface area contributed by atoms with Crippen LogP contribution < -0.4 is 5.32 Å². The van der Waals surface area contributed by atoms with Crippen molar-refractivity contribution >= 4 is 46.7 Å². The van der Waals surface area contributed by atoms with E-state index in [1.165, 1.54) is 16.7 Å². The molecule has 2 aromatic carbocycles. The van der Waals surface area contributed by atoms with Gasteiger partial charge in [-0.1, -0.05) is 48.5 Å². The van der Waals surface area contributed by atoms with Gasteiger partial charge in [0.1, 0.15) is 0 Å². The van der Waals surface area contributed by atoms with E-state index in [9.17, 15) is 14.4 Å². The van der Waals surface area contributed by atoms with Crippen molar-refractivity contribution in [2.24, 2.45) is 0 Å². The normalized spacial score (nSPS) is 15.4. The van der Waals surface area contributed by atoms with E-state index < -0.39 is 0 Å². The maximum Gasteiger partial charge on any atom is 0.293 e. The molecule has 0 aliphatic carbocycles. The van der Waals surface area contributed by atoms with Gasteiger partial charge in [-0.05, 0) is 35.5 Å². The number of imide groups is 1. The number of carbonyl (C=O) groups is 3. The highest BCUT2D eigenvalue weighted by atomic mass is 32.2. The average molecular weight is 399 g/mol. The highest BCUT2D eigenvalue weighted by Gasteiger charge is 2.34. The van der Waals surface area contributed by atoms with E-state index >= 15 is 0 Å². The van der Waals surface area contributed by atoms with Crippen molar-refractivity contribution in [1.29, 1.82) is 0 Å². The summed E-state index contributed by atoms with van der Waals surface area (Å²) in [7, 11) is 0. The molecule has 7 heteroatoms. The van der Waals surface area contributed by atoms with E-state index in [1.54, 1.807) is 6.08 Å². The predicted molar refractivity (Wildman–Crippen MR) is 109 cm³/mol. The number of carbonyl (C=O) groups excluding carboxylic acids is 3. The van der Waals surface area contributed by atoms with Gasteiger partial charge in [0, 0.05) is 18.0 Å². The quantitative estimate of drug-likeness (QED) is 0.570. The molecule has 0 saturated carbocycles. The topological polar surface area (TPSA) is 66.5 Å². The van der Waals surface area contributed by atoms with Crippen LogP contribution in [0, 0.1) is 0 Å². The molecular weight excluding hydrogens is 380 g/mol. The predicted octanol–water partition coefficient (Wildman–Crippen LogP) is 3.63. The Balaban J connectivity index is 1.46. The molecule has 5 nitrogen and oxygen atoms in total. The molecule has 1 aliphatic heterocycles. The smallest absolute Gasteiger partial charge is 0.293 e. The van der Waals surface area contributed by atoms with Gasteiger partial charge in [-0.25, -0.2) is 0 Å². The summed E-state index contributed by atoms with van der Waals surface area (Å²) in [5, 5.41) is 2.44. The standard InChI is InChI=1S/C20H18N2O3S2/c23-18(14-26-16-9-5-2-6-10-16)21-11-12-22-19(24)17(27-20(22)25)13-15-7-3-1-4-8-15/h1-10,13H,11-12,14H2,(H,21,23)/b17-13+. The molecule has 0 spiro atoms. The maximum atomic E-state index is 12.4. The van der Waals surface area contributed by atoms with Crippen LogP contribution in [0.2, 0.25) is 0 Å². The minimum Gasteiger partial charge on any atom is -0.354 e. The molecule has 1 aliphatic rings. The Hall–Kier alpha value is -2.51. The Morgan fingerprint density at radius 1 is 1.04 bits per heavy atom. The van der Waals surface area contributed by atoms with Crippen LogP contribution in [0.4, 0.5) is 4.79 Å². The van der Waals surface area contributed by atoms with Gasteiger partial charge in [-0.2, -0.15) is 0 Å². The van der Waals surface area contributed by atoms with Crippen molar-refractivity contribution in [2.75, 3.05) is 18.8 Å². The van der Waals surface area contributed by atoms with Crippen LogP contribution in [0.25, 0.3) is 6.08 Å². The number of hydrogen-bond donors (Lipinski definition) is 1. The Kier molecular flexibility index (Phi) is 6.73. The fourth-order valence-corrected chi connectivity index (χ4v) is 4.03. The second kappa shape index (κ2) is 9.43. The Morgan fingerprint density at radius 3 is 2.41 bits per heavy atom. The number of rotatable bonds is 7. The highest BCUT2D eigenvalue weighted by Crippen LogP contribution is 2.31. The molecule has 3 rings (SSSR count). The minimum absolute atomic E-state index is 0.129. The number of nitrogens with one attached hydrogen (secondary N) is 1. The molecule has 138 valence electrons.